The molecular weight excluding hydrogens is 276 g/mol. The minimum atomic E-state index is -0.889. The standard InChI is InChI=1S/C18H24N2O2/c21-18(22)15-3-1-2-4-17(15)20-19-10-16-13-6-11-5-12(8-13)9-14(16)7-11/h1-4,11-14,16,19-20H,5-10H2,(H,21,22). The van der Waals surface area contributed by atoms with Crippen LogP contribution >= 0.6 is 0 Å². The zero-order valence-corrected chi connectivity index (χ0v) is 12.8. The summed E-state index contributed by atoms with van der Waals surface area (Å²) in [7, 11) is 0. The molecule has 1 aromatic carbocycles. The first-order valence-electron chi connectivity index (χ1n) is 8.52. The van der Waals surface area contributed by atoms with Crippen molar-refractivity contribution in [1.82, 2.24) is 5.43 Å². The number of carbonyl (C=O) groups is 1. The molecular formula is C18H24N2O2. The van der Waals surface area contributed by atoms with Gasteiger partial charge in [0.15, 0.2) is 0 Å². The molecule has 4 saturated carbocycles. The van der Waals surface area contributed by atoms with E-state index in [-0.39, 0.29) is 0 Å². The maximum atomic E-state index is 11.2. The molecule has 4 aliphatic carbocycles. The van der Waals surface area contributed by atoms with E-state index in [0.717, 1.165) is 36.1 Å². The molecule has 4 nitrogen and oxygen atoms in total. The van der Waals surface area contributed by atoms with Crippen LogP contribution in [-0.2, 0) is 0 Å². The third-order valence-electron chi connectivity index (χ3n) is 6.14. The minimum Gasteiger partial charge on any atom is -0.478 e. The Morgan fingerprint density at radius 3 is 2.32 bits per heavy atom. The van der Waals surface area contributed by atoms with Crippen LogP contribution in [0.3, 0.4) is 0 Å². The summed E-state index contributed by atoms with van der Waals surface area (Å²) >= 11 is 0. The van der Waals surface area contributed by atoms with Crippen molar-refractivity contribution in [2.24, 2.45) is 29.6 Å². The normalized spacial score (nSPS) is 35.5. The van der Waals surface area contributed by atoms with Gasteiger partial charge in [-0.25, -0.2) is 10.2 Å². The Labute approximate surface area is 131 Å². The molecule has 4 fully saturated rings. The molecule has 0 unspecified atom stereocenters. The molecule has 5 rings (SSSR count). The van der Waals surface area contributed by atoms with Crippen LogP contribution in [0.2, 0.25) is 0 Å². The van der Waals surface area contributed by atoms with E-state index >= 15 is 0 Å². The van der Waals surface area contributed by atoms with Crippen LogP contribution in [0.4, 0.5) is 5.69 Å². The number of carboxylic acids is 1. The maximum absolute atomic E-state index is 11.2. The molecule has 0 radical (unpaired) electrons. The molecule has 0 aliphatic heterocycles. The van der Waals surface area contributed by atoms with Crippen molar-refractivity contribution in [3.05, 3.63) is 29.8 Å². The van der Waals surface area contributed by atoms with E-state index in [2.05, 4.69) is 10.9 Å². The Morgan fingerprint density at radius 1 is 1.05 bits per heavy atom. The van der Waals surface area contributed by atoms with Crippen molar-refractivity contribution in [3.63, 3.8) is 0 Å². The molecule has 4 aliphatic rings. The van der Waals surface area contributed by atoms with Crippen molar-refractivity contribution >= 4 is 11.7 Å². The summed E-state index contributed by atoms with van der Waals surface area (Å²) < 4.78 is 0. The van der Waals surface area contributed by atoms with E-state index < -0.39 is 5.97 Å². The van der Waals surface area contributed by atoms with Crippen LogP contribution in [-0.4, -0.2) is 17.6 Å². The van der Waals surface area contributed by atoms with Crippen LogP contribution < -0.4 is 10.9 Å². The highest BCUT2D eigenvalue weighted by molar-refractivity contribution is 5.94. The number of hydrogen-bond acceptors (Lipinski definition) is 3. The van der Waals surface area contributed by atoms with E-state index in [4.69, 9.17) is 0 Å². The van der Waals surface area contributed by atoms with Crippen LogP contribution in [0.5, 0.6) is 0 Å². The van der Waals surface area contributed by atoms with Crippen molar-refractivity contribution < 1.29 is 9.90 Å². The van der Waals surface area contributed by atoms with E-state index in [0.29, 0.717) is 11.3 Å². The van der Waals surface area contributed by atoms with Crippen LogP contribution in [0, 0.1) is 29.6 Å². The number of hydrazine groups is 1. The number of nitrogens with one attached hydrogen (secondary N) is 2. The Kier molecular flexibility index (Phi) is 3.57. The Bertz CT molecular complexity index is 544. The van der Waals surface area contributed by atoms with Gasteiger partial charge in [-0.3, -0.25) is 0 Å². The summed E-state index contributed by atoms with van der Waals surface area (Å²) in [5.74, 6) is 3.65. The zero-order chi connectivity index (χ0) is 15.1. The second-order valence-electron chi connectivity index (χ2n) is 7.45. The molecule has 4 heteroatoms. The lowest BCUT2D eigenvalue weighted by Crippen LogP contribution is -2.49. The lowest BCUT2D eigenvalue weighted by Gasteiger charge is -2.54. The van der Waals surface area contributed by atoms with Gasteiger partial charge in [-0.2, -0.15) is 0 Å². The van der Waals surface area contributed by atoms with Gasteiger partial charge in [0, 0.05) is 6.54 Å². The summed E-state index contributed by atoms with van der Waals surface area (Å²) in [5, 5.41) is 9.21. The second kappa shape index (κ2) is 5.58. The Hall–Kier alpha value is -1.55. The lowest BCUT2D eigenvalue weighted by atomic mass is 9.52. The molecule has 118 valence electrons. The molecule has 0 saturated heterocycles. The third-order valence-corrected chi connectivity index (χ3v) is 6.14. The summed E-state index contributed by atoms with van der Waals surface area (Å²) in [6.45, 7) is 0.947. The fraction of sp³-hybridized carbons (Fsp3) is 0.611. The molecule has 0 amide bonds. The SMILES string of the molecule is O=C(O)c1ccccc1NNCC1C2CC3CC(C2)CC1C3. The monoisotopic (exact) mass is 300 g/mol. The highest BCUT2D eigenvalue weighted by atomic mass is 16.4. The zero-order valence-electron chi connectivity index (χ0n) is 12.8. The summed E-state index contributed by atoms with van der Waals surface area (Å²) in [6, 6.07) is 7.06. The van der Waals surface area contributed by atoms with Crippen LogP contribution in [0.1, 0.15) is 42.5 Å². The van der Waals surface area contributed by atoms with Gasteiger partial charge in [-0.05, 0) is 73.8 Å². The van der Waals surface area contributed by atoms with Gasteiger partial charge in [-0.15, -0.1) is 0 Å². The predicted molar refractivity (Wildman–Crippen MR) is 85.6 cm³/mol. The third kappa shape index (κ3) is 2.50. The highest BCUT2D eigenvalue weighted by Gasteiger charge is 2.47. The number of rotatable bonds is 5. The molecule has 3 N–H and O–H groups in total. The summed E-state index contributed by atoms with van der Waals surface area (Å²) in [6.07, 6.45) is 7.17. The van der Waals surface area contributed by atoms with Gasteiger partial charge < -0.3 is 10.5 Å². The van der Waals surface area contributed by atoms with Gasteiger partial charge in [0.2, 0.25) is 0 Å². The molecule has 0 heterocycles. The summed E-state index contributed by atoms with van der Waals surface area (Å²) in [4.78, 5) is 11.2. The van der Waals surface area contributed by atoms with Gasteiger partial charge in [-0.1, -0.05) is 12.1 Å². The average Bonchev–Trinajstić information content (AvgIpc) is 2.49. The van der Waals surface area contributed by atoms with Crippen molar-refractivity contribution in [3.8, 4) is 0 Å². The fourth-order valence-electron chi connectivity index (χ4n) is 5.41. The summed E-state index contributed by atoms with van der Waals surface area (Å²) in [5.41, 5.74) is 7.41. The fourth-order valence-corrected chi connectivity index (χ4v) is 5.41. The largest absolute Gasteiger partial charge is 0.478 e. The molecule has 22 heavy (non-hydrogen) atoms. The highest BCUT2D eigenvalue weighted by Crippen LogP contribution is 2.56. The Balaban J connectivity index is 1.37. The number of anilines is 1. The number of hydrogen-bond donors (Lipinski definition) is 3. The molecule has 4 bridgehead atoms. The van der Waals surface area contributed by atoms with Crippen molar-refractivity contribution in [1.29, 1.82) is 0 Å². The van der Waals surface area contributed by atoms with E-state index in [1.807, 2.05) is 12.1 Å². The molecule has 1 aromatic rings. The van der Waals surface area contributed by atoms with E-state index in [1.165, 1.54) is 32.1 Å². The van der Waals surface area contributed by atoms with E-state index in [9.17, 15) is 9.90 Å². The second-order valence-corrected chi connectivity index (χ2v) is 7.45. The van der Waals surface area contributed by atoms with Gasteiger partial charge in [0.05, 0.1) is 11.3 Å². The smallest absolute Gasteiger partial charge is 0.337 e. The number of para-hydroxylation sites is 1. The quantitative estimate of drug-likeness (QED) is 0.730. The van der Waals surface area contributed by atoms with Crippen molar-refractivity contribution in [2.45, 2.75) is 32.1 Å². The molecule has 0 aromatic heterocycles. The maximum Gasteiger partial charge on any atom is 0.337 e. The average molecular weight is 300 g/mol. The first-order valence-corrected chi connectivity index (χ1v) is 8.52. The first kappa shape index (κ1) is 14.1. The predicted octanol–water partition coefficient (Wildman–Crippen LogP) is 3.37. The Morgan fingerprint density at radius 2 is 1.68 bits per heavy atom. The van der Waals surface area contributed by atoms with E-state index in [1.54, 1.807) is 12.1 Å². The van der Waals surface area contributed by atoms with Gasteiger partial charge in [0.1, 0.15) is 0 Å². The topological polar surface area (TPSA) is 61.4 Å². The molecule has 0 spiro atoms. The number of benzene rings is 1. The molecule has 0 atom stereocenters. The van der Waals surface area contributed by atoms with Crippen LogP contribution in [0.15, 0.2) is 24.3 Å². The van der Waals surface area contributed by atoms with Gasteiger partial charge >= 0.3 is 5.97 Å². The van der Waals surface area contributed by atoms with Crippen molar-refractivity contribution in [2.75, 3.05) is 12.0 Å². The minimum absolute atomic E-state index is 0.320. The number of aromatic carboxylic acids is 1. The lowest BCUT2D eigenvalue weighted by molar-refractivity contribution is -0.0348. The van der Waals surface area contributed by atoms with Gasteiger partial charge in [0.25, 0.3) is 0 Å². The number of carboxylic acid groups (broad SMARTS) is 1. The van der Waals surface area contributed by atoms with Crippen LogP contribution in [0.25, 0.3) is 0 Å². The first-order chi connectivity index (χ1) is 10.7.